The third-order valence-electron chi connectivity index (χ3n) is 3.67. The lowest BCUT2D eigenvalue weighted by atomic mass is 10.1. The third kappa shape index (κ3) is 4.05. The second-order valence-corrected chi connectivity index (χ2v) is 5.73. The Balaban J connectivity index is 1.81. The minimum absolute atomic E-state index is 0.0653. The summed E-state index contributed by atoms with van der Waals surface area (Å²) in [6.45, 7) is 6.46. The van der Waals surface area contributed by atoms with E-state index in [-0.39, 0.29) is 5.91 Å². The van der Waals surface area contributed by atoms with Gasteiger partial charge in [0.25, 0.3) is 0 Å². The number of hydrogen-bond acceptors (Lipinski definition) is 5. The van der Waals surface area contributed by atoms with Gasteiger partial charge in [0, 0.05) is 18.7 Å². The standard InChI is InChI=1S/C14H24N4O2/c1-10(2)12-7-14(20-17-12)16-13(19)9-18(3)11-5-4-6-15-8-11/h7,10-11,15H,4-6,8-9H2,1-3H3,(H,16,19). The molecule has 1 unspecified atom stereocenters. The van der Waals surface area contributed by atoms with Gasteiger partial charge in [-0.15, -0.1) is 0 Å². The lowest BCUT2D eigenvalue weighted by Crippen LogP contribution is -2.46. The number of carbonyl (C=O) groups is 1. The zero-order valence-corrected chi connectivity index (χ0v) is 12.5. The van der Waals surface area contributed by atoms with Crippen LogP contribution in [0.3, 0.4) is 0 Å². The molecular weight excluding hydrogens is 256 g/mol. The highest BCUT2D eigenvalue weighted by molar-refractivity contribution is 5.90. The van der Waals surface area contributed by atoms with Crippen LogP contribution in [0.25, 0.3) is 0 Å². The molecule has 20 heavy (non-hydrogen) atoms. The van der Waals surface area contributed by atoms with Gasteiger partial charge >= 0.3 is 0 Å². The summed E-state index contributed by atoms with van der Waals surface area (Å²) in [6.07, 6.45) is 2.30. The van der Waals surface area contributed by atoms with E-state index >= 15 is 0 Å². The molecule has 112 valence electrons. The van der Waals surface area contributed by atoms with Crippen molar-refractivity contribution >= 4 is 11.8 Å². The lowest BCUT2D eigenvalue weighted by molar-refractivity contribution is -0.117. The van der Waals surface area contributed by atoms with E-state index in [1.54, 1.807) is 6.07 Å². The fourth-order valence-electron chi connectivity index (χ4n) is 2.36. The van der Waals surface area contributed by atoms with Crippen molar-refractivity contribution in [2.45, 2.75) is 38.6 Å². The molecule has 0 spiro atoms. The van der Waals surface area contributed by atoms with Gasteiger partial charge < -0.3 is 9.84 Å². The highest BCUT2D eigenvalue weighted by Crippen LogP contribution is 2.17. The molecule has 0 aromatic carbocycles. The van der Waals surface area contributed by atoms with Crippen LogP contribution in [0.1, 0.15) is 38.3 Å². The lowest BCUT2D eigenvalue weighted by Gasteiger charge is -2.30. The van der Waals surface area contributed by atoms with Crippen LogP contribution in [0, 0.1) is 0 Å². The quantitative estimate of drug-likeness (QED) is 0.853. The van der Waals surface area contributed by atoms with Crippen molar-refractivity contribution in [1.82, 2.24) is 15.4 Å². The Morgan fingerprint density at radius 2 is 2.45 bits per heavy atom. The predicted octanol–water partition coefficient (Wildman–Crippen LogP) is 1.42. The molecule has 1 saturated heterocycles. The molecule has 2 N–H and O–H groups in total. The van der Waals surface area contributed by atoms with E-state index in [0.717, 1.165) is 31.6 Å². The molecular formula is C14H24N4O2. The SMILES string of the molecule is CC(C)c1cc(NC(=O)CN(C)C2CCCNC2)on1. The number of anilines is 1. The van der Waals surface area contributed by atoms with Crippen molar-refractivity contribution in [3.8, 4) is 0 Å². The second kappa shape index (κ2) is 6.85. The Morgan fingerprint density at radius 1 is 1.65 bits per heavy atom. The van der Waals surface area contributed by atoms with E-state index in [0.29, 0.717) is 24.4 Å². The zero-order chi connectivity index (χ0) is 14.5. The Hall–Kier alpha value is -1.40. The van der Waals surface area contributed by atoms with E-state index in [1.807, 2.05) is 20.9 Å². The maximum Gasteiger partial charge on any atom is 0.240 e. The molecule has 0 bridgehead atoms. The molecule has 1 aromatic rings. The van der Waals surface area contributed by atoms with Gasteiger partial charge in [-0.3, -0.25) is 15.0 Å². The molecule has 2 rings (SSSR count). The first-order valence-corrected chi connectivity index (χ1v) is 7.23. The molecule has 0 aliphatic carbocycles. The molecule has 1 atom stereocenters. The first-order chi connectivity index (χ1) is 9.56. The van der Waals surface area contributed by atoms with Crippen molar-refractivity contribution in [1.29, 1.82) is 0 Å². The first-order valence-electron chi connectivity index (χ1n) is 7.23. The smallest absolute Gasteiger partial charge is 0.240 e. The van der Waals surface area contributed by atoms with Gasteiger partial charge in [-0.2, -0.15) is 0 Å². The fourth-order valence-corrected chi connectivity index (χ4v) is 2.36. The average Bonchev–Trinajstić information content (AvgIpc) is 2.88. The normalized spacial score (nSPS) is 19.6. The summed E-state index contributed by atoms with van der Waals surface area (Å²) in [5, 5.41) is 10.0. The van der Waals surface area contributed by atoms with Crippen molar-refractivity contribution in [2.75, 3.05) is 32.0 Å². The maximum atomic E-state index is 12.0. The van der Waals surface area contributed by atoms with Crippen LogP contribution in [0.5, 0.6) is 0 Å². The van der Waals surface area contributed by atoms with Crippen LogP contribution in [-0.4, -0.2) is 48.7 Å². The van der Waals surface area contributed by atoms with Crippen LogP contribution in [-0.2, 0) is 4.79 Å². The highest BCUT2D eigenvalue weighted by Gasteiger charge is 2.20. The highest BCUT2D eigenvalue weighted by atomic mass is 16.5. The number of nitrogens with zero attached hydrogens (tertiary/aromatic N) is 2. The average molecular weight is 280 g/mol. The van der Waals surface area contributed by atoms with Gasteiger partial charge in [-0.1, -0.05) is 19.0 Å². The summed E-state index contributed by atoms with van der Waals surface area (Å²) >= 11 is 0. The third-order valence-corrected chi connectivity index (χ3v) is 3.67. The molecule has 1 fully saturated rings. The van der Waals surface area contributed by atoms with Crippen molar-refractivity contribution in [3.63, 3.8) is 0 Å². The zero-order valence-electron chi connectivity index (χ0n) is 12.5. The number of likely N-dealkylation sites (N-methyl/N-ethyl adjacent to an activating group) is 1. The summed E-state index contributed by atoms with van der Waals surface area (Å²) in [5.74, 6) is 0.652. The van der Waals surface area contributed by atoms with Gasteiger partial charge in [0.05, 0.1) is 12.2 Å². The largest absolute Gasteiger partial charge is 0.338 e. The summed E-state index contributed by atoms with van der Waals surface area (Å²) < 4.78 is 5.11. The molecule has 0 saturated carbocycles. The van der Waals surface area contributed by atoms with Crippen LogP contribution < -0.4 is 10.6 Å². The maximum absolute atomic E-state index is 12.0. The van der Waals surface area contributed by atoms with E-state index in [2.05, 4.69) is 20.7 Å². The molecule has 6 nitrogen and oxygen atoms in total. The molecule has 6 heteroatoms. The topological polar surface area (TPSA) is 70.4 Å². The van der Waals surface area contributed by atoms with Crippen molar-refractivity contribution in [2.24, 2.45) is 0 Å². The van der Waals surface area contributed by atoms with Gasteiger partial charge in [0.2, 0.25) is 11.8 Å². The molecule has 0 radical (unpaired) electrons. The van der Waals surface area contributed by atoms with Gasteiger partial charge in [0.1, 0.15) is 0 Å². The van der Waals surface area contributed by atoms with Crippen molar-refractivity contribution in [3.05, 3.63) is 11.8 Å². The Labute approximate surface area is 119 Å². The minimum Gasteiger partial charge on any atom is -0.338 e. The molecule has 1 aromatic heterocycles. The van der Waals surface area contributed by atoms with Crippen LogP contribution in [0.15, 0.2) is 10.6 Å². The van der Waals surface area contributed by atoms with E-state index < -0.39 is 0 Å². The van der Waals surface area contributed by atoms with Crippen molar-refractivity contribution < 1.29 is 9.32 Å². The summed E-state index contributed by atoms with van der Waals surface area (Å²) in [4.78, 5) is 14.1. The summed E-state index contributed by atoms with van der Waals surface area (Å²) in [6, 6.07) is 2.21. The number of carbonyl (C=O) groups excluding carboxylic acids is 1. The Kier molecular flexibility index (Phi) is 5.14. The minimum atomic E-state index is -0.0653. The summed E-state index contributed by atoms with van der Waals surface area (Å²) in [7, 11) is 1.98. The van der Waals surface area contributed by atoms with Gasteiger partial charge in [-0.25, -0.2) is 0 Å². The number of nitrogens with one attached hydrogen (secondary N) is 2. The van der Waals surface area contributed by atoms with Crippen LogP contribution >= 0.6 is 0 Å². The number of amides is 1. The van der Waals surface area contributed by atoms with Gasteiger partial charge in [-0.05, 0) is 32.4 Å². The Morgan fingerprint density at radius 3 is 3.05 bits per heavy atom. The number of hydrogen-bond donors (Lipinski definition) is 2. The molecule has 1 aliphatic rings. The van der Waals surface area contributed by atoms with Crippen LogP contribution in [0.2, 0.25) is 0 Å². The predicted molar refractivity (Wildman–Crippen MR) is 77.7 cm³/mol. The molecule has 1 aliphatic heterocycles. The van der Waals surface area contributed by atoms with E-state index in [9.17, 15) is 4.79 Å². The number of aromatic nitrogens is 1. The number of piperidine rings is 1. The van der Waals surface area contributed by atoms with E-state index in [4.69, 9.17) is 4.52 Å². The molecule has 2 heterocycles. The summed E-state index contributed by atoms with van der Waals surface area (Å²) in [5.41, 5.74) is 0.852. The number of rotatable bonds is 5. The van der Waals surface area contributed by atoms with Gasteiger partial charge in [0.15, 0.2) is 0 Å². The van der Waals surface area contributed by atoms with Crippen LogP contribution in [0.4, 0.5) is 5.88 Å². The fraction of sp³-hybridized carbons (Fsp3) is 0.714. The Bertz CT molecular complexity index is 438. The van der Waals surface area contributed by atoms with E-state index in [1.165, 1.54) is 0 Å². The monoisotopic (exact) mass is 280 g/mol. The second-order valence-electron chi connectivity index (χ2n) is 5.73. The first kappa shape index (κ1) is 15.0. The molecule has 1 amide bonds.